The molecule has 4 aromatic rings. The number of hydrogen-bond donors (Lipinski definition) is 0. The van der Waals surface area contributed by atoms with Crippen LogP contribution in [0, 0.1) is 0 Å². The fourth-order valence-corrected chi connectivity index (χ4v) is 5.49. The van der Waals surface area contributed by atoms with Crippen molar-refractivity contribution in [2.75, 3.05) is 0 Å². The van der Waals surface area contributed by atoms with E-state index in [0.29, 0.717) is 0 Å². The molecule has 0 fully saturated rings. The molecule has 0 saturated carbocycles. The van der Waals surface area contributed by atoms with Gasteiger partial charge in [-0.1, -0.05) is 96.5 Å². The lowest BCUT2D eigenvalue weighted by atomic mass is 9.61. The molecule has 2 heteroatoms. The van der Waals surface area contributed by atoms with E-state index in [0.717, 1.165) is 38.4 Å². The van der Waals surface area contributed by atoms with Crippen LogP contribution in [0.1, 0.15) is 38.2 Å². The molecule has 0 aliphatic heterocycles. The first kappa shape index (κ1) is 15.9. The summed E-state index contributed by atoms with van der Waals surface area (Å²) in [5.41, 5.74) is 7.53. The van der Waals surface area contributed by atoms with Crippen molar-refractivity contribution in [1.29, 1.82) is 0 Å². The minimum atomic E-state index is -0.578. The van der Waals surface area contributed by atoms with E-state index in [4.69, 9.17) is 11.6 Å². The molecule has 1 nitrogen and oxygen atoms in total. The van der Waals surface area contributed by atoms with E-state index in [-0.39, 0.29) is 5.78 Å². The molecule has 4 aromatic carbocycles. The van der Waals surface area contributed by atoms with Gasteiger partial charge in [0.15, 0.2) is 5.78 Å². The van der Waals surface area contributed by atoms with Crippen molar-refractivity contribution in [3.63, 3.8) is 0 Å². The highest BCUT2D eigenvalue weighted by Gasteiger charge is 2.52. The van der Waals surface area contributed by atoms with Crippen molar-refractivity contribution < 1.29 is 4.79 Å². The molecule has 2 aliphatic rings. The van der Waals surface area contributed by atoms with Crippen LogP contribution in [-0.2, 0) is 5.41 Å². The molecular weight excluding hydrogens is 364 g/mol. The Labute approximate surface area is 168 Å². The second-order valence-electron chi connectivity index (χ2n) is 7.38. The predicted molar refractivity (Wildman–Crippen MR) is 112 cm³/mol. The molecule has 0 unspecified atom stereocenters. The van der Waals surface area contributed by atoms with Crippen molar-refractivity contribution >= 4 is 17.4 Å². The second-order valence-corrected chi connectivity index (χ2v) is 7.79. The summed E-state index contributed by atoms with van der Waals surface area (Å²) in [6, 6.07) is 30.5. The fourth-order valence-electron chi connectivity index (χ4n) is 5.18. The van der Waals surface area contributed by atoms with Crippen LogP contribution in [0.4, 0.5) is 0 Å². The standard InChI is InChI=1S/C26H15ClO/c27-23-15-7-11-17-16-8-1-4-12-20(16)26(24(17)23)21-13-5-2-9-18(21)25(28)19-10-3-6-14-22(19)26/h1-15H. The van der Waals surface area contributed by atoms with Gasteiger partial charge in [0.25, 0.3) is 0 Å². The zero-order chi connectivity index (χ0) is 18.9. The zero-order valence-corrected chi connectivity index (χ0v) is 15.7. The summed E-state index contributed by atoms with van der Waals surface area (Å²) in [6.07, 6.45) is 0. The third-order valence-corrected chi connectivity index (χ3v) is 6.48. The smallest absolute Gasteiger partial charge is 0.193 e. The molecule has 0 radical (unpaired) electrons. The minimum Gasteiger partial charge on any atom is -0.289 e. The van der Waals surface area contributed by atoms with Crippen LogP contribution in [0.25, 0.3) is 11.1 Å². The number of benzene rings is 4. The summed E-state index contributed by atoms with van der Waals surface area (Å²) in [6.45, 7) is 0. The first-order valence-electron chi connectivity index (χ1n) is 9.37. The van der Waals surface area contributed by atoms with Crippen molar-refractivity contribution in [2.45, 2.75) is 5.41 Å². The Kier molecular flexibility index (Phi) is 3.08. The fraction of sp³-hybridized carbons (Fsp3) is 0.0385. The van der Waals surface area contributed by atoms with Gasteiger partial charge in [-0.25, -0.2) is 0 Å². The quantitative estimate of drug-likeness (QED) is 0.305. The third-order valence-electron chi connectivity index (χ3n) is 6.16. The Bertz CT molecular complexity index is 1250. The number of rotatable bonds is 0. The molecule has 0 aromatic heterocycles. The summed E-state index contributed by atoms with van der Waals surface area (Å²) in [5, 5.41) is 0.729. The number of hydrogen-bond acceptors (Lipinski definition) is 1. The van der Waals surface area contributed by atoms with Gasteiger partial charge in [0.1, 0.15) is 0 Å². The molecule has 0 bridgehead atoms. The highest BCUT2D eigenvalue weighted by Crippen LogP contribution is 2.60. The van der Waals surface area contributed by atoms with Gasteiger partial charge in [-0.2, -0.15) is 0 Å². The first-order chi connectivity index (χ1) is 13.7. The largest absolute Gasteiger partial charge is 0.289 e. The minimum absolute atomic E-state index is 0.0785. The Morgan fingerprint density at radius 2 is 1.00 bits per heavy atom. The molecule has 6 rings (SSSR count). The van der Waals surface area contributed by atoms with Crippen LogP contribution in [0.2, 0.25) is 5.02 Å². The van der Waals surface area contributed by atoms with Crippen molar-refractivity contribution in [3.8, 4) is 11.1 Å². The maximum atomic E-state index is 13.3. The molecule has 0 saturated heterocycles. The summed E-state index contributed by atoms with van der Waals surface area (Å²) in [4.78, 5) is 13.3. The van der Waals surface area contributed by atoms with Crippen LogP contribution in [-0.4, -0.2) is 5.78 Å². The number of carbonyl (C=O) groups excluding carboxylic acids is 1. The van der Waals surface area contributed by atoms with Gasteiger partial charge in [-0.05, 0) is 39.4 Å². The van der Waals surface area contributed by atoms with Crippen LogP contribution in [0.5, 0.6) is 0 Å². The van der Waals surface area contributed by atoms with Gasteiger partial charge in [0, 0.05) is 16.1 Å². The number of carbonyl (C=O) groups is 1. The summed E-state index contributed by atoms with van der Waals surface area (Å²) in [7, 11) is 0. The van der Waals surface area contributed by atoms with Gasteiger partial charge in [0.05, 0.1) is 5.41 Å². The van der Waals surface area contributed by atoms with E-state index in [1.54, 1.807) is 0 Å². The molecule has 0 N–H and O–H groups in total. The maximum Gasteiger partial charge on any atom is 0.193 e. The molecule has 2 aliphatic carbocycles. The predicted octanol–water partition coefficient (Wildman–Crippen LogP) is 6.25. The second kappa shape index (κ2) is 5.43. The summed E-state index contributed by atoms with van der Waals surface area (Å²) >= 11 is 6.87. The first-order valence-corrected chi connectivity index (χ1v) is 9.75. The highest BCUT2D eigenvalue weighted by molar-refractivity contribution is 6.32. The van der Waals surface area contributed by atoms with Crippen LogP contribution in [0.3, 0.4) is 0 Å². The van der Waals surface area contributed by atoms with Gasteiger partial charge in [-0.3, -0.25) is 4.79 Å². The van der Waals surface area contributed by atoms with Crippen molar-refractivity contribution in [3.05, 3.63) is 129 Å². The van der Waals surface area contributed by atoms with Crippen molar-refractivity contribution in [1.82, 2.24) is 0 Å². The van der Waals surface area contributed by atoms with Crippen LogP contribution in [0.15, 0.2) is 91.0 Å². The van der Waals surface area contributed by atoms with E-state index in [1.165, 1.54) is 11.1 Å². The molecular formula is C26H15ClO. The third kappa shape index (κ3) is 1.71. The molecule has 28 heavy (non-hydrogen) atoms. The summed E-state index contributed by atoms with van der Waals surface area (Å²) in [5.74, 6) is 0.0785. The van der Waals surface area contributed by atoms with E-state index in [1.807, 2.05) is 48.5 Å². The Hall–Kier alpha value is -3.16. The SMILES string of the molecule is O=C1c2ccccc2C2(c3ccccc31)c1ccccc1-c1cccc(Cl)c12. The molecule has 1 spiro atoms. The van der Waals surface area contributed by atoms with Crippen molar-refractivity contribution in [2.24, 2.45) is 0 Å². The lowest BCUT2D eigenvalue weighted by Crippen LogP contribution is -2.36. The zero-order valence-electron chi connectivity index (χ0n) is 14.9. The highest BCUT2D eigenvalue weighted by atomic mass is 35.5. The number of fused-ring (bicyclic) bond motifs is 9. The number of ketones is 1. The topological polar surface area (TPSA) is 17.1 Å². The van der Waals surface area contributed by atoms with E-state index in [9.17, 15) is 4.79 Å². The van der Waals surface area contributed by atoms with Crippen LogP contribution < -0.4 is 0 Å². The Morgan fingerprint density at radius 3 is 1.61 bits per heavy atom. The molecule has 0 atom stereocenters. The average Bonchev–Trinajstić information content (AvgIpc) is 3.05. The number of halogens is 1. The van der Waals surface area contributed by atoms with Gasteiger partial charge >= 0.3 is 0 Å². The average molecular weight is 379 g/mol. The van der Waals surface area contributed by atoms with Gasteiger partial charge in [0.2, 0.25) is 0 Å². The molecule has 132 valence electrons. The van der Waals surface area contributed by atoms with Gasteiger partial charge < -0.3 is 0 Å². The lowest BCUT2D eigenvalue weighted by molar-refractivity contribution is 0.103. The Morgan fingerprint density at radius 1 is 0.536 bits per heavy atom. The molecule has 0 heterocycles. The maximum absolute atomic E-state index is 13.3. The van der Waals surface area contributed by atoms with Crippen LogP contribution >= 0.6 is 11.6 Å². The van der Waals surface area contributed by atoms with E-state index in [2.05, 4.69) is 42.5 Å². The summed E-state index contributed by atoms with van der Waals surface area (Å²) < 4.78 is 0. The Balaban J connectivity index is 1.91. The van der Waals surface area contributed by atoms with E-state index >= 15 is 0 Å². The van der Waals surface area contributed by atoms with Gasteiger partial charge in [-0.15, -0.1) is 0 Å². The normalized spacial score (nSPS) is 15.0. The van der Waals surface area contributed by atoms with E-state index < -0.39 is 5.41 Å². The lowest BCUT2D eigenvalue weighted by Gasteiger charge is -2.39. The molecule has 0 amide bonds. The monoisotopic (exact) mass is 378 g/mol.